The highest BCUT2D eigenvalue weighted by Crippen LogP contribution is 2.20. The van der Waals surface area contributed by atoms with E-state index in [2.05, 4.69) is 20.5 Å². The van der Waals surface area contributed by atoms with E-state index in [4.69, 9.17) is 0 Å². The fourth-order valence-electron chi connectivity index (χ4n) is 1.72. The molecule has 90 valence electrons. The Bertz CT molecular complexity index is 514. The van der Waals surface area contributed by atoms with Crippen molar-refractivity contribution in [3.8, 4) is 5.75 Å². The zero-order valence-electron chi connectivity index (χ0n) is 10.2. The number of rotatable bonds is 3. The molecule has 0 atom stereocenters. The minimum atomic E-state index is 0.210. The van der Waals surface area contributed by atoms with E-state index in [1.165, 1.54) is 0 Å². The second-order valence-electron chi connectivity index (χ2n) is 4.08. The van der Waals surface area contributed by atoms with E-state index in [0.717, 1.165) is 22.8 Å². The summed E-state index contributed by atoms with van der Waals surface area (Å²) in [6.45, 7) is 6.26. The summed E-state index contributed by atoms with van der Waals surface area (Å²) in [5, 5.41) is 19.9. The third-order valence-corrected chi connectivity index (χ3v) is 2.65. The summed E-state index contributed by atoms with van der Waals surface area (Å²) in [5.41, 5.74) is 4.39. The smallest absolute Gasteiger partial charge is 0.138 e. The zero-order valence-corrected chi connectivity index (χ0v) is 10.2. The van der Waals surface area contributed by atoms with Crippen LogP contribution in [-0.2, 0) is 6.54 Å². The van der Waals surface area contributed by atoms with Gasteiger partial charge in [0.15, 0.2) is 0 Å². The summed E-state index contributed by atoms with van der Waals surface area (Å²) >= 11 is 0. The van der Waals surface area contributed by atoms with Crippen LogP contribution in [0.5, 0.6) is 5.75 Å². The minimum absolute atomic E-state index is 0.210. The molecule has 0 amide bonds. The Balaban J connectivity index is 2.15. The maximum Gasteiger partial charge on any atom is 0.138 e. The van der Waals surface area contributed by atoms with Crippen LogP contribution < -0.4 is 5.32 Å². The average Bonchev–Trinajstić information content (AvgIpc) is 2.61. The Kier molecular flexibility index (Phi) is 2.99. The summed E-state index contributed by atoms with van der Waals surface area (Å²) in [5.74, 6) is 0.210. The van der Waals surface area contributed by atoms with Gasteiger partial charge in [-0.2, -0.15) is 5.10 Å². The standard InChI is InChI=1S/C12H16N4O/c1-7-4-5-11(17)10(14-7)6-13-12-8(2)15-16-9(12)3/h4-5,13,17H,6H2,1-3H3,(H,15,16). The number of aryl methyl sites for hydroxylation is 3. The molecule has 0 aromatic carbocycles. The Morgan fingerprint density at radius 3 is 2.71 bits per heavy atom. The first-order chi connectivity index (χ1) is 8.08. The molecule has 2 aromatic rings. The van der Waals surface area contributed by atoms with Crippen LogP contribution in [0, 0.1) is 20.8 Å². The van der Waals surface area contributed by atoms with E-state index in [1.54, 1.807) is 12.1 Å². The molecule has 0 bridgehead atoms. The largest absolute Gasteiger partial charge is 0.506 e. The molecule has 5 heteroatoms. The van der Waals surface area contributed by atoms with Crippen LogP contribution in [0.25, 0.3) is 0 Å². The van der Waals surface area contributed by atoms with E-state index in [1.807, 2.05) is 20.8 Å². The number of aromatic hydroxyl groups is 1. The van der Waals surface area contributed by atoms with Crippen LogP contribution in [0.3, 0.4) is 0 Å². The molecule has 0 aliphatic heterocycles. The van der Waals surface area contributed by atoms with E-state index >= 15 is 0 Å². The monoisotopic (exact) mass is 232 g/mol. The molecule has 2 aromatic heterocycles. The van der Waals surface area contributed by atoms with E-state index in [9.17, 15) is 5.11 Å². The predicted octanol–water partition coefficient (Wildman–Crippen LogP) is 2.05. The van der Waals surface area contributed by atoms with Gasteiger partial charge in [-0.05, 0) is 32.9 Å². The molecule has 0 fully saturated rings. The molecule has 0 aliphatic carbocycles. The number of aromatic amines is 1. The number of pyridine rings is 1. The van der Waals surface area contributed by atoms with E-state index < -0.39 is 0 Å². The van der Waals surface area contributed by atoms with Gasteiger partial charge in [-0.15, -0.1) is 0 Å². The fraction of sp³-hybridized carbons (Fsp3) is 0.333. The van der Waals surface area contributed by atoms with Crippen molar-refractivity contribution in [2.24, 2.45) is 0 Å². The van der Waals surface area contributed by atoms with Gasteiger partial charge < -0.3 is 10.4 Å². The second-order valence-corrected chi connectivity index (χ2v) is 4.08. The number of aromatic nitrogens is 3. The Labute approximate surface area is 99.9 Å². The lowest BCUT2D eigenvalue weighted by atomic mass is 10.2. The van der Waals surface area contributed by atoms with Gasteiger partial charge in [0, 0.05) is 5.69 Å². The lowest BCUT2D eigenvalue weighted by Crippen LogP contribution is -2.04. The molecule has 5 nitrogen and oxygen atoms in total. The van der Waals surface area contributed by atoms with Gasteiger partial charge in [0.05, 0.1) is 23.6 Å². The number of hydrogen-bond acceptors (Lipinski definition) is 4. The summed E-state index contributed by atoms with van der Waals surface area (Å²) in [6.07, 6.45) is 0. The van der Waals surface area contributed by atoms with Gasteiger partial charge in [0.2, 0.25) is 0 Å². The van der Waals surface area contributed by atoms with Crippen molar-refractivity contribution in [2.45, 2.75) is 27.3 Å². The first kappa shape index (κ1) is 11.4. The van der Waals surface area contributed by atoms with Crippen molar-refractivity contribution < 1.29 is 5.11 Å². The van der Waals surface area contributed by atoms with Crippen molar-refractivity contribution in [3.05, 3.63) is 34.9 Å². The number of anilines is 1. The lowest BCUT2D eigenvalue weighted by molar-refractivity contribution is 0.464. The number of H-pyrrole nitrogens is 1. The number of nitrogens with zero attached hydrogens (tertiary/aromatic N) is 2. The molecular formula is C12H16N4O. The van der Waals surface area contributed by atoms with Gasteiger partial charge in [-0.3, -0.25) is 10.1 Å². The van der Waals surface area contributed by atoms with Crippen LogP contribution in [0.1, 0.15) is 22.8 Å². The Morgan fingerprint density at radius 1 is 1.29 bits per heavy atom. The first-order valence-corrected chi connectivity index (χ1v) is 5.49. The number of hydrogen-bond donors (Lipinski definition) is 3. The average molecular weight is 232 g/mol. The number of nitrogens with one attached hydrogen (secondary N) is 2. The molecule has 17 heavy (non-hydrogen) atoms. The minimum Gasteiger partial charge on any atom is -0.506 e. The van der Waals surface area contributed by atoms with Gasteiger partial charge in [-0.1, -0.05) is 0 Å². The van der Waals surface area contributed by atoms with Gasteiger partial charge in [0.25, 0.3) is 0 Å². The van der Waals surface area contributed by atoms with Crippen LogP contribution in [0.2, 0.25) is 0 Å². The SMILES string of the molecule is Cc1ccc(O)c(CNc2c(C)n[nH]c2C)n1. The summed E-state index contributed by atoms with van der Waals surface area (Å²) in [6, 6.07) is 3.45. The second kappa shape index (κ2) is 4.45. The third kappa shape index (κ3) is 2.38. The summed E-state index contributed by atoms with van der Waals surface area (Å²) in [4.78, 5) is 4.29. The van der Waals surface area contributed by atoms with Crippen LogP contribution >= 0.6 is 0 Å². The Hall–Kier alpha value is -2.04. The fourth-order valence-corrected chi connectivity index (χ4v) is 1.72. The van der Waals surface area contributed by atoms with Crippen molar-refractivity contribution >= 4 is 5.69 Å². The zero-order chi connectivity index (χ0) is 12.4. The molecule has 0 spiro atoms. The van der Waals surface area contributed by atoms with Crippen molar-refractivity contribution in [3.63, 3.8) is 0 Å². The Morgan fingerprint density at radius 2 is 2.06 bits per heavy atom. The molecule has 2 rings (SSSR count). The molecule has 0 unspecified atom stereocenters. The van der Waals surface area contributed by atoms with Gasteiger partial charge >= 0.3 is 0 Å². The highest BCUT2D eigenvalue weighted by Gasteiger charge is 2.08. The molecule has 0 saturated heterocycles. The highest BCUT2D eigenvalue weighted by molar-refractivity contribution is 5.51. The molecule has 0 aliphatic rings. The third-order valence-electron chi connectivity index (χ3n) is 2.65. The predicted molar refractivity (Wildman–Crippen MR) is 66.0 cm³/mol. The van der Waals surface area contributed by atoms with E-state index in [0.29, 0.717) is 12.2 Å². The quantitative estimate of drug-likeness (QED) is 0.757. The molecular weight excluding hydrogens is 216 g/mol. The topological polar surface area (TPSA) is 73.8 Å². The summed E-state index contributed by atoms with van der Waals surface area (Å²) < 4.78 is 0. The van der Waals surface area contributed by atoms with Crippen LogP contribution in [-0.4, -0.2) is 20.3 Å². The van der Waals surface area contributed by atoms with Gasteiger partial charge in [-0.25, -0.2) is 0 Å². The molecule has 2 heterocycles. The highest BCUT2D eigenvalue weighted by atomic mass is 16.3. The van der Waals surface area contributed by atoms with Crippen molar-refractivity contribution in [2.75, 3.05) is 5.32 Å². The maximum atomic E-state index is 9.68. The van der Waals surface area contributed by atoms with Crippen LogP contribution in [0.15, 0.2) is 12.1 Å². The lowest BCUT2D eigenvalue weighted by Gasteiger charge is -2.08. The van der Waals surface area contributed by atoms with Gasteiger partial charge in [0.1, 0.15) is 11.4 Å². The maximum absolute atomic E-state index is 9.68. The van der Waals surface area contributed by atoms with E-state index in [-0.39, 0.29) is 5.75 Å². The van der Waals surface area contributed by atoms with Crippen molar-refractivity contribution in [1.29, 1.82) is 0 Å². The molecule has 3 N–H and O–H groups in total. The first-order valence-electron chi connectivity index (χ1n) is 5.49. The normalized spacial score (nSPS) is 10.5. The summed E-state index contributed by atoms with van der Waals surface area (Å²) in [7, 11) is 0. The molecule has 0 radical (unpaired) electrons. The molecule has 0 saturated carbocycles. The van der Waals surface area contributed by atoms with Crippen molar-refractivity contribution in [1.82, 2.24) is 15.2 Å². The van der Waals surface area contributed by atoms with Crippen LogP contribution in [0.4, 0.5) is 5.69 Å².